The van der Waals surface area contributed by atoms with Gasteiger partial charge in [0, 0.05) is 24.7 Å². The Hall–Kier alpha value is -1.61. The summed E-state index contributed by atoms with van der Waals surface area (Å²) in [5, 5.41) is 4.82. The van der Waals surface area contributed by atoms with Crippen LogP contribution in [0.1, 0.15) is 11.3 Å². The zero-order valence-corrected chi connectivity index (χ0v) is 10.3. The lowest BCUT2D eigenvalue weighted by atomic mass is 10.1. The van der Waals surface area contributed by atoms with Crippen molar-refractivity contribution in [1.82, 2.24) is 9.78 Å². The first-order valence-electron chi connectivity index (χ1n) is 5.39. The molecule has 0 aliphatic carbocycles. The Morgan fingerprint density at radius 2 is 2.06 bits per heavy atom. The molecule has 0 aliphatic heterocycles. The molecule has 1 aromatic heterocycles. The second-order valence-corrected chi connectivity index (χ2v) is 4.37. The van der Waals surface area contributed by atoms with Crippen LogP contribution in [-0.2, 0) is 24.7 Å². The van der Waals surface area contributed by atoms with Crippen LogP contribution in [0.2, 0.25) is 5.02 Å². The van der Waals surface area contributed by atoms with Crippen molar-refractivity contribution in [3.63, 3.8) is 0 Å². The molecule has 0 saturated heterocycles. The summed E-state index contributed by atoms with van der Waals surface area (Å²) in [6, 6.07) is 9.26. The minimum Gasteiger partial charge on any atom is -0.299 e. The molecule has 17 heavy (non-hydrogen) atoms. The quantitative estimate of drug-likeness (QED) is 0.833. The number of halogens is 1. The lowest BCUT2D eigenvalue weighted by Crippen LogP contribution is -2.07. The summed E-state index contributed by atoms with van der Waals surface area (Å²) in [5.74, 6) is 0.122. The van der Waals surface area contributed by atoms with Crippen LogP contribution < -0.4 is 0 Å². The maximum atomic E-state index is 11.8. The second kappa shape index (κ2) is 5.15. The fourth-order valence-corrected chi connectivity index (χ4v) is 1.88. The van der Waals surface area contributed by atoms with E-state index in [-0.39, 0.29) is 5.78 Å². The van der Waals surface area contributed by atoms with Crippen LogP contribution in [0.15, 0.2) is 36.5 Å². The van der Waals surface area contributed by atoms with Gasteiger partial charge >= 0.3 is 0 Å². The number of carbonyl (C=O) groups is 1. The van der Waals surface area contributed by atoms with Crippen molar-refractivity contribution in [2.24, 2.45) is 7.05 Å². The molecule has 0 bridgehead atoms. The number of Topliss-reactive ketones (excluding diaryl/α,β-unsaturated/α-hetero) is 1. The summed E-state index contributed by atoms with van der Waals surface area (Å²) >= 11 is 6.00. The van der Waals surface area contributed by atoms with Gasteiger partial charge in [0.05, 0.1) is 12.1 Å². The van der Waals surface area contributed by atoms with Crippen molar-refractivity contribution >= 4 is 17.4 Å². The predicted octanol–water partition coefficient (Wildman–Crippen LogP) is 2.43. The van der Waals surface area contributed by atoms with E-state index in [1.54, 1.807) is 10.7 Å². The Balaban J connectivity index is 2.01. The van der Waals surface area contributed by atoms with Gasteiger partial charge in [-0.1, -0.05) is 29.8 Å². The number of carbonyl (C=O) groups excluding carboxylic acids is 1. The van der Waals surface area contributed by atoms with E-state index in [0.29, 0.717) is 17.9 Å². The van der Waals surface area contributed by atoms with Gasteiger partial charge in [0.15, 0.2) is 0 Å². The number of aryl methyl sites for hydroxylation is 1. The Kier molecular flexibility index (Phi) is 3.59. The largest absolute Gasteiger partial charge is 0.299 e. The van der Waals surface area contributed by atoms with Gasteiger partial charge in [-0.15, -0.1) is 0 Å². The molecule has 0 unspecified atom stereocenters. The molecular weight excluding hydrogens is 236 g/mol. The molecule has 0 radical (unpaired) electrons. The summed E-state index contributed by atoms with van der Waals surface area (Å²) in [5.41, 5.74) is 1.67. The SMILES string of the molecule is Cn1ccc(CC(=O)Cc2ccccc2Cl)n1. The van der Waals surface area contributed by atoms with E-state index in [0.717, 1.165) is 11.3 Å². The zero-order chi connectivity index (χ0) is 12.3. The lowest BCUT2D eigenvalue weighted by Gasteiger charge is -2.02. The highest BCUT2D eigenvalue weighted by Crippen LogP contribution is 2.16. The smallest absolute Gasteiger partial charge is 0.143 e. The van der Waals surface area contributed by atoms with E-state index < -0.39 is 0 Å². The van der Waals surface area contributed by atoms with E-state index in [4.69, 9.17) is 11.6 Å². The molecule has 0 N–H and O–H groups in total. The average Bonchev–Trinajstić information content (AvgIpc) is 2.67. The number of ketones is 1. The van der Waals surface area contributed by atoms with Gasteiger partial charge < -0.3 is 0 Å². The van der Waals surface area contributed by atoms with E-state index in [2.05, 4.69) is 5.10 Å². The third-order valence-corrected chi connectivity index (χ3v) is 2.86. The number of hydrogen-bond acceptors (Lipinski definition) is 2. The summed E-state index contributed by atoms with van der Waals surface area (Å²) in [7, 11) is 1.84. The highest BCUT2D eigenvalue weighted by molar-refractivity contribution is 6.31. The van der Waals surface area contributed by atoms with Crippen LogP contribution >= 0.6 is 11.6 Å². The van der Waals surface area contributed by atoms with Gasteiger partial charge in [-0.3, -0.25) is 9.48 Å². The van der Waals surface area contributed by atoms with E-state index in [1.807, 2.05) is 37.5 Å². The normalized spacial score (nSPS) is 10.5. The van der Waals surface area contributed by atoms with Crippen LogP contribution in [0.4, 0.5) is 0 Å². The van der Waals surface area contributed by atoms with E-state index in [9.17, 15) is 4.79 Å². The molecule has 2 aromatic rings. The average molecular weight is 249 g/mol. The molecule has 0 atom stereocenters. The van der Waals surface area contributed by atoms with Crippen molar-refractivity contribution in [3.8, 4) is 0 Å². The standard InChI is InChI=1S/C13H13ClN2O/c1-16-7-6-11(15-16)9-12(17)8-10-4-2-3-5-13(10)14/h2-7H,8-9H2,1H3. The molecule has 1 heterocycles. The monoisotopic (exact) mass is 248 g/mol. The van der Waals surface area contributed by atoms with Crippen molar-refractivity contribution in [2.45, 2.75) is 12.8 Å². The molecular formula is C13H13ClN2O. The van der Waals surface area contributed by atoms with Crippen molar-refractivity contribution in [2.75, 3.05) is 0 Å². The Labute approximate surface area is 105 Å². The highest BCUT2D eigenvalue weighted by Gasteiger charge is 2.09. The topological polar surface area (TPSA) is 34.9 Å². The number of aromatic nitrogens is 2. The first kappa shape index (κ1) is 11.9. The molecule has 0 saturated carbocycles. The molecule has 1 aromatic carbocycles. The minimum absolute atomic E-state index is 0.122. The molecule has 88 valence electrons. The Bertz CT molecular complexity index is 534. The minimum atomic E-state index is 0.122. The first-order valence-corrected chi connectivity index (χ1v) is 5.76. The van der Waals surface area contributed by atoms with Crippen LogP contribution in [0.3, 0.4) is 0 Å². The van der Waals surface area contributed by atoms with Gasteiger partial charge in [-0.25, -0.2) is 0 Å². The maximum absolute atomic E-state index is 11.8. The van der Waals surface area contributed by atoms with Crippen LogP contribution in [-0.4, -0.2) is 15.6 Å². The predicted molar refractivity (Wildman–Crippen MR) is 67.1 cm³/mol. The third kappa shape index (κ3) is 3.17. The molecule has 2 rings (SSSR count). The summed E-state index contributed by atoms with van der Waals surface area (Å²) < 4.78 is 1.69. The van der Waals surface area contributed by atoms with E-state index >= 15 is 0 Å². The fraction of sp³-hybridized carbons (Fsp3) is 0.231. The Morgan fingerprint density at radius 3 is 2.71 bits per heavy atom. The molecule has 3 nitrogen and oxygen atoms in total. The molecule has 4 heteroatoms. The number of nitrogens with zero attached hydrogens (tertiary/aromatic N) is 2. The van der Waals surface area contributed by atoms with Crippen LogP contribution in [0, 0.1) is 0 Å². The fourth-order valence-electron chi connectivity index (χ4n) is 1.68. The molecule has 0 spiro atoms. The third-order valence-electron chi connectivity index (χ3n) is 2.49. The van der Waals surface area contributed by atoms with E-state index in [1.165, 1.54) is 0 Å². The van der Waals surface area contributed by atoms with Gasteiger partial charge in [0.2, 0.25) is 0 Å². The zero-order valence-electron chi connectivity index (χ0n) is 9.56. The van der Waals surface area contributed by atoms with Crippen molar-refractivity contribution < 1.29 is 4.79 Å². The molecule has 0 fully saturated rings. The van der Waals surface area contributed by atoms with Gasteiger partial charge in [-0.2, -0.15) is 5.10 Å². The molecule has 0 aliphatic rings. The molecule has 0 amide bonds. The maximum Gasteiger partial charge on any atom is 0.143 e. The summed E-state index contributed by atoms with van der Waals surface area (Å²) in [6.07, 6.45) is 2.54. The number of hydrogen-bond donors (Lipinski definition) is 0. The number of benzene rings is 1. The van der Waals surface area contributed by atoms with Crippen molar-refractivity contribution in [3.05, 3.63) is 52.8 Å². The van der Waals surface area contributed by atoms with Gasteiger partial charge in [0.25, 0.3) is 0 Å². The van der Waals surface area contributed by atoms with Gasteiger partial charge in [0.1, 0.15) is 5.78 Å². The van der Waals surface area contributed by atoms with Crippen LogP contribution in [0.5, 0.6) is 0 Å². The summed E-state index contributed by atoms with van der Waals surface area (Å²) in [6.45, 7) is 0. The second-order valence-electron chi connectivity index (χ2n) is 3.96. The van der Waals surface area contributed by atoms with Crippen LogP contribution in [0.25, 0.3) is 0 Å². The lowest BCUT2D eigenvalue weighted by molar-refractivity contribution is -0.117. The van der Waals surface area contributed by atoms with Crippen molar-refractivity contribution in [1.29, 1.82) is 0 Å². The Morgan fingerprint density at radius 1 is 1.29 bits per heavy atom. The first-order chi connectivity index (χ1) is 8.15. The highest BCUT2D eigenvalue weighted by atomic mass is 35.5. The van der Waals surface area contributed by atoms with Gasteiger partial charge in [-0.05, 0) is 17.7 Å². The summed E-state index contributed by atoms with van der Waals surface area (Å²) in [4.78, 5) is 11.8. The number of rotatable bonds is 4.